The van der Waals surface area contributed by atoms with Crippen molar-refractivity contribution in [2.45, 2.75) is 25.7 Å². The normalized spacial score (nSPS) is 16.8. The molecule has 1 aliphatic heterocycles. The summed E-state index contributed by atoms with van der Waals surface area (Å²) in [7, 11) is -0.200. The molecule has 26 heavy (non-hydrogen) atoms. The van der Waals surface area contributed by atoms with E-state index < -0.39 is 10.2 Å². The molecule has 0 bridgehead atoms. The lowest BCUT2D eigenvalue weighted by atomic mass is 9.93. The Balaban J connectivity index is 1.73. The molecule has 0 aromatic carbocycles. The van der Waals surface area contributed by atoms with Crippen LogP contribution in [0, 0.1) is 6.92 Å². The molecule has 0 radical (unpaired) electrons. The Hall–Kier alpha value is -2.03. The zero-order valence-electron chi connectivity index (χ0n) is 15.4. The average molecular weight is 375 g/mol. The van der Waals surface area contributed by atoms with Gasteiger partial charge in [-0.25, -0.2) is 4.98 Å². The third-order valence-electron chi connectivity index (χ3n) is 4.57. The zero-order chi connectivity index (χ0) is 18.7. The van der Waals surface area contributed by atoms with E-state index in [-0.39, 0.29) is 5.92 Å². The van der Waals surface area contributed by atoms with Crippen LogP contribution < -0.4 is 5.32 Å². The summed E-state index contributed by atoms with van der Waals surface area (Å²) in [5.74, 6) is 1.05. The lowest BCUT2D eigenvalue weighted by molar-refractivity contribution is 0.300. The Labute approximate surface area is 155 Å². The Morgan fingerprint density at radius 1 is 1.19 bits per heavy atom. The van der Waals surface area contributed by atoms with Crippen LogP contribution in [-0.2, 0) is 10.2 Å². The smallest absolute Gasteiger partial charge is 0.281 e. The van der Waals surface area contributed by atoms with E-state index in [0.717, 1.165) is 35.7 Å². The first-order chi connectivity index (χ1) is 12.4. The van der Waals surface area contributed by atoms with Gasteiger partial charge >= 0.3 is 0 Å². The fourth-order valence-electron chi connectivity index (χ4n) is 3.17. The van der Waals surface area contributed by atoms with Gasteiger partial charge in [0.2, 0.25) is 0 Å². The summed E-state index contributed by atoms with van der Waals surface area (Å²) in [6.07, 6.45) is 3.29. The number of hydrogen-bond donors (Lipinski definition) is 1. The molecule has 0 amide bonds. The van der Waals surface area contributed by atoms with Gasteiger partial charge in [-0.15, -0.1) is 0 Å². The molecule has 1 N–H and O–H groups in total. The molecule has 0 unspecified atom stereocenters. The topological polar surface area (TPSA) is 78.4 Å². The average Bonchev–Trinajstić information content (AvgIpc) is 2.62. The largest absolute Gasteiger partial charge is 0.340 e. The number of anilines is 2. The van der Waals surface area contributed by atoms with Crippen LogP contribution in [-0.4, -0.2) is 54.2 Å². The van der Waals surface area contributed by atoms with E-state index in [4.69, 9.17) is 0 Å². The van der Waals surface area contributed by atoms with Gasteiger partial charge in [-0.3, -0.25) is 4.98 Å². The molecule has 1 aliphatic rings. The Bertz CT molecular complexity index is 847. The first kappa shape index (κ1) is 18.8. The quantitative estimate of drug-likeness (QED) is 0.869. The van der Waals surface area contributed by atoms with Gasteiger partial charge in [0, 0.05) is 56.4 Å². The van der Waals surface area contributed by atoms with Gasteiger partial charge in [-0.05, 0) is 44.0 Å². The van der Waals surface area contributed by atoms with Crippen LogP contribution in [0.1, 0.15) is 30.1 Å². The lowest BCUT2D eigenvalue weighted by Crippen LogP contribution is -2.44. The summed E-state index contributed by atoms with van der Waals surface area (Å²) < 4.78 is 27.3. The molecule has 3 rings (SSSR count). The molecule has 7 nitrogen and oxygen atoms in total. The van der Waals surface area contributed by atoms with Crippen molar-refractivity contribution in [3.05, 3.63) is 47.9 Å². The molecule has 0 saturated carbocycles. The van der Waals surface area contributed by atoms with Gasteiger partial charge < -0.3 is 5.32 Å². The molecule has 1 saturated heterocycles. The van der Waals surface area contributed by atoms with Gasteiger partial charge in [0.1, 0.15) is 5.82 Å². The molecule has 2 aromatic rings. The zero-order valence-corrected chi connectivity index (χ0v) is 16.2. The van der Waals surface area contributed by atoms with Crippen LogP contribution in [0.5, 0.6) is 0 Å². The van der Waals surface area contributed by atoms with Crippen molar-refractivity contribution < 1.29 is 8.42 Å². The van der Waals surface area contributed by atoms with Gasteiger partial charge in [-0.1, -0.05) is 6.07 Å². The number of hydrogen-bond acceptors (Lipinski definition) is 5. The van der Waals surface area contributed by atoms with E-state index in [1.54, 1.807) is 24.6 Å². The highest BCUT2D eigenvalue weighted by molar-refractivity contribution is 7.86. The highest BCUT2D eigenvalue weighted by Crippen LogP contribution is 2.30. The maximum Gasteiger partial charge on any atom is 0.281 e. The molecule has 1 fully saturated rings. The van der Waals surface area contributed by atoms with Crippen LogP contribution in [0.15, 0.2) is 36.5 Å². The summed E-state index contributed by atoms with van der Waals surface area (Å²) in [6.45, 7) is 3.01. The molecule has 0 aliphatic carbocycles. The Morgan fingerprint density at radius 3 is 2.54 bits per heavy atom. The van der Waals surface area contributed by atoms with E-state index in [9.17, 15) is 8.42 Å². The van der Waals surface area contributed by atoms with Crippen LogP contribution in [0.3, 0.4) is 0 Å². The fourth-order valence-corrected chi connectivity index (χ4v) is 4.31. The molecule has 0 spiro atoms. The summed E-state index contributed by atoms with van der Waals surface area (Å²) in [5, 5.41) is 3.31. The van der Waals surface area contributed by atoms with Crippen molar-refractivity contribution in [2.75, 3.05) is 32.5 Å². The van der Waals surface area contributed by atoms with Crippen molar-refractivity contribution in [1.29, 1.82) is 0 Å². The molecule has 8 heteroatoms. The SMILES string of the molecule is Cc1cc(Nc2ccccn2)cc(C2CCN(S(=O)(=O)N(C)C)CC2)n1. The second kappa shape index (κ2) is 7.69. The first-order valence-corrected chi connectivity index (χ1v) is 10.1. The van der Waals surface area contributed by atoms with Gasteiger partial charge in [0.05, 0.1) is 0 Å². The highest BCUT2D eigenvalue weighted by Gasteiger charge is 2.30. The summed E-state index contributed by atoms with van der Waals surface area (Å²) in [4.78, 5) is 8.97. The standard InChI is InChI=1S/C18H25N5O2S/c1-14-12-16(21-18-6-4-5-9-19-18)13-17(20-14)15-7-10-23(11-8-15)26(24,25)22(2)3/h4-6,9,12-13,15H,7-8,10-11H2,1-3H3,(H,19,20,21). The number of nitrogens with one attached hydrogen (secondary N) is 1. The van der Waals surface area contributed by atoms with Crippen LogP contribution in [0.4, 0.5) is 11.5 Å². The van der Waals surface area contributed by atoms with E-state index in [2.05, 4.69) is 15.3 Å². The van der Waals surface area contributed by atoms with Crippen LogP contribution >= 0.6 is 0 Å². The Kier molecular flexibility index (Phi) is 5.55. The minimum Gasteiger partial charge on any atom is -0.340 e. The summed E-state index contributed by atoms with van der Waals surface area (Å²) >= 11 is 0. The first-order valence-electron chi connectivity index (χ1n) is 8.70. The van der Waals surface area contributed by atoms with Crippen molar-refractivity contribution in [2.24, 2.45) is 0 Å². The predicted molar refractivity (Wildman–Crippen MR) is 103 cm³/mol. The van der Waals surface area contributed by atoms with Crippen molar-refractivity contribution in [3.63, 3.8) is 0 Å². The summed E-state index contributed by atoms with van der Waals surface area (Å²) in [6, 6.07) is 9.77. The molecule has 140 valence electrons. The number of pyridine rings is 2. The van der Waals surface area contributed by atoms with Crippen LogP contribution in [0.25, 0.3) is 0 Å². The van der Waals surface area contributed by atoms with Gasteiger partial charge in [-0.2, -0.15) is 17.0 Å². The van der Waals surface area contributed by atoms with Crippen molar-refractivity contribution in [3.8, 4) is 0 Å². The number of piperidine rings is 1. The number of aryl methyl sites for hydroxylation is 1. The monoisotopic (exact) mass is 375 g/mol. The van der Waals surface area contributed by atoms with E-state index in [0.29, 0.717) is 13.1 Å². The minimum atomic E-state index is -3.34. The van der Waals surface area contributed by atoms with E-state index >= 15 is 0 Å². The molecule has 2 aromatic heterocycles. The number of nitrogens with zero attached hydrogens (tertiary/aromatic N) is 4. The Morgan fingerprint density at radius 2 is 1.92 bits per heavy atom. The molecule has 3 heterocycles. The maximum atomic E-state index is 12.3. The van der Waals surface area contributed by atoms with Gasteiger partial charge in [0.25, 0.3) is 10.2 Å². The van der Waals surface area contributed by atoms with E-state index in [1.807, 2.05) is 37.3 Å². The minimum absolute atomic E-state index is 0.257. The third-order valence-corrected chi connectivity index (χ3v) is 6.51. The van der Waals surface area contributed by atoms with Crippen LogP contribution in [0.2, 0.25) is 0 Å². The predicted octanol–water partition coefficient (Wildman–Crippen LogP) is 2.51. The highest BCUT2D eigenvalue weighted by atomic mass is 32.2. The third kappa shape index (κ3) is 4.20. The molecular weight excluding hydrogens is 350 g/mol. The molecular formula is C18H25N5O2S. The number of rotatable bonds is 5. The lowest BCUT2D eigenvalue weighted by Gasteiger charge is -2.32. The van der Waals surface area contributed by atoms with E-state index in [1.165, 1.54) is 4.31 Å². The molecule has 0 atom stereocenters. The number of aromatic nitrogens is 2. The van der Waals surface area contributed by atoms with Gasteiger partial charge in [0.15, 0.2) is 0 Å². The maximum absolute atomic E-state index is 12.3. The second-order valence-corrected chi connectivity index (χ2v) is 8.87. The summed E-state index contributed by atoms with van der Waals surface area (Å²) in [5.41, 5.74) is 2.89. The fraction of sp³-hybridized carbons (Fsp3) is 0.444. The van der Waals surface area contributed by atoms with Crippen molar-refractivity contribution in [1.82, 2.24) is 18.6 Å². The van der Waals surface area contributed by atoms with Crippen molar-refractivity contribution >= 4 is 21.7 Å². The second-order valence-electron chi connectivity index (χ2n) is 6.73.